The van der Waals surface area contributed by atoms with Crippen LogP contribution in [0.25, 0.3) is 0 Å². The van der Waals surface area contributed by atoms with E-state index in [9.17, 15) is 9.59 Å². The van der Waals surface area contributed by atoms with Crippen LogP contribution in [0.4, 0.5) is 0 Å². The highest BCUT2D eigenvalue weighted by Crippen LogP contribution is 2.26. The molecule has 126 valence electrons. The summed E-state index contributed by atoms with van der Waals surface area (Å²) in [6.07, 6.45) is 1.90. The minimum absolute atomic E-state index is 0.0935. The molecule has 0 spiro atoms. The maximum atomic E-state index is 12.4. The number of amides is 1. The lowest BCUT2D eigenvalue weighted by molar-refractivity contribution is -0.140. The van der Waals surface area contributed by atoms with E-state index in [1.807, 2.05) is 41.8 Å². The minimum atomic E-state index is -0.480. The Morgan fingerprint density at radius 1 is 1.19 bits per heavy atom. The van der Waals surface area contributed by atoms with E-state index < -0.39 is 5.41 Å². The number of likely N-dealkylation sites (N-methyl/N-ethyl adjacent to an activating group) is 2. The molecule has 0 aliphatic heterocycles. The topological polar surface area (TPSA) is 49.4 Å². The van der Waals surface area contributed by atoms with E-state index in [-0.39, 0.29) is 17.4 Å². The SMILES string of the molecule is CC.CNC(CN(C)C(=O)C(C)(C)CCC=O)C(C)(C)C. The molecule has 1 atom stereocenters. The highest BCUT2D eigenvalue weighted by molar-refractivity contribution is 5.82. The Kier molecular flexibility index (Phi) is 10.6. The highest BCUT2D eigenvalue weighted by atomic mass is 16.2. The van der Waals surface area contributed by atoms with Crippen molar-refractivity contribution >= 4 is 12.2 Å². The number of carbonyl (C=O) groups is 2. The van der Waals surface area contributed by atoms with Crippen LogP contribution in [-0.4, -0.2) is 43.8 Å². The zero-order chi connectivity index (χ0) is 17.3. The fourth-order valence-corrected chi connectivity index (χ4v) is 2.20. The lowest BCUT2D eigenvalue weighted by atomic mass is 9.84. The summed E-state index contributed by atoms with van der Waals surface area (Å²) in [5, 5.41) is 3.27. The van der Waals surface area contributed by atoms with Gasteiger partial charge in [-0.05, 0) is 18.9 Å². The van der Waals surface area contributed by atoms with Gasteiger partial charge in [0.25, 0.3) is 0 Å². The van der Waals surface area contributed by atoms with Crippen LogP contribution in [0.15, 0.2) is 0 Å². The van der Waals surface area contributed by atoms with Crippen molar-refractivity contribution in [3.63, 3.8) is 0 Å². The van der Waals surface area contributed by atoms with Gasteiger partial charge in [-0.3, -0.25) is 4.79 Å². The van der Waals surface area contributed by atoms with Crippen LogP contribution in [0.5, 0.6) is 0 Å². The molecule has 0 aliphatic carbocycles. The molecular formula is C17H36N2O2. The van der Waals surface area contributed by atoms with Crippen LogP contribution in [0, 0.1) is 10.8 Å². The zero-order valence-corrected chi connectivity index (χ0v) is 15.5. The first-order chi connectivity index (χ1) is 9.56. The molecule has 1 unspecified atom stereocenters. The Bertz CT molecular complexity index is 306. The summed E-state index contributed by atoms with van der Waals surface area (Å²) in [4.78, 5) is 24.7. The summed E-state index contributed by atoms with van der Waals surface area (Å²) < 4.78 is 0. The molecule has 0 radical (unpaired) electrons. The third kappa shape index (κ3) is 8.20. The molecule has 0 saturated heterocycles. The van der Waals surface area contributed by atoms with E-state index in [4.69, 9.17) is 0 Å². The molecule has 0 fully saturated rings. The fourth-order valence-electron chi connectivity index (χ4n) is 2.20. The Labute approximate surface area is 131 Å². The van der Waals surface area contributed by atoms with E-state index in [2.05, 4.69) is 26.1 Å². The molecule has 4 heteroatoms. The monoisotopic (exact) mass is 300 g/mol. The second-order valence-corrected chi connectivity index (χ2v) is 6.98. The van der Waals surface area contributed by atoms with E-state index in [0.29, 0.717) is 19.4 Å². The number of nitrogens with one attached hydrogen (secondary N) is 1. The molecule has 0 aromatic carbocycles. The average Bonchev–Trinajstić information content (AvgIpc) is 2.42. The highest BCUT2D eigenvalue weighted by Gasteiger charge is 2.32. The first-order valence-corrected chi connectivity index (χ1v) is 7.92. The third-order valence-electron chi connectivity index (χ3n) is 3.66. The summed E-state index contributed by atoms with van der Waals surface area (Å²) in [5.41, 5.74) is -0.387. The maximum absolute atomic E-state index is 12.4. The van der Waals surface area contributed by atoms with Gasteiger partial charge in [0.2, 0.25) is 5.91 Å². The summed E-state index contributed by atoms with van der Waals surface area (Å²) in [6.45, 7) is 14.9. The van der Waals surface area contributed by atoms with Gasteiger partial charge in [-0.1, -0.05) is 48.5 Å². The van der Waals surface area contributed by atoms with Crippen molar-refractivity contribution < 1.29 is 9.59 Å². The molecule has 0 bridgehead atoms. The Hall–Kier alpha value is -0.900. The number of rotatable bonds is 7. The van der Waals surface area contributed by atoms with Crippen molar-refractivity contribution in [2.75, 3.05) is 20.6 Å². The van der Waals surface area contributed by atoms with Crippen LogP contribution in [-0.2, 0) is 9.59 Å². The largest absolute Gasteiger partial charge is 0.344 e. The molecule has 0 aromatic rings. The van der Waals surface area contributed by atoms with Crippen molar-refractivity contribution in [1.82, 2.24) is 10.2 Å². The second kappa shape index (κ2) is 9.93. The molecular weight excluding hydrogens is 264 g/mol. The summed E-state index contributed by atoms with van der Waals surface area (Å²) in [6, 6.07) is 0.239. The summed E-state index contributed by atoms with van der Waals surface area (Å²) in [5.74, 6) is 0.0962. The molecule has 0 aromatic heterocycles. The Morgan fingerprint density at radius 3 is 2.00 bits per heavy atom. The van der Waals surface area contributed by atoms with Gasteiger partial charge in [-0.2, -0.15) is 0 Å². The van der Waals surface area contributed by atoms with Gasteiger partial charge in [0.05, 0.1) is 0 Å². The number of hydrogen-bond donors (Lipinski definition) is 1. The lowest BCUT2D eigenvalue weighted by Gasteiger charge is -2.36. The molecule has 0 rings (SSSR count). The van der Waals surface area contributed by atoms with Crippen molar-refractivity contribution in [3.8, 4) is 0 Å². The van der Waals surface area contributed by atoms with Crippen molar-refractivity contribution in [2.45, 2.75) is 67.3 Å². The summed E-state index contributed by atoms with van der Waals surface area (Å²) in [7, 11) is 3.76. The number of carbonyl (C=O) groups excluding carboxylic acids is 2. The van der Waals surface area contributed by atoms with Crippen LogP contribution in [0.1, 0.15) is 61.3 Å². The smallest absolute Gasteiger partial charge is 0.228 e. The van der Waals surface area contributed by atoms with E-state index >= 15 is 0 Å². The average molecular weight is 300 g/mol. The van der Waals surface area contributed by atoms with Crippen LogP contribution >= 0.6 is 0 Å². The quantitative estimate of drug-likeness (QED) is 0.735. The van der Waals surface area contributed by atoms with Gasteiger partial charge in [0.15, 0.2) is 0 Å². The first kappa shape index (κ1) is 22.4. The molecule has 21 heavy (non-hydrogen) atoms. The van der Waals surface area contributed by atoms with Crippen LogP contribution in [0.3, 0.4) is 0 Å². The normalized spacial score (nSPS) is 13.0. The van der Waals surface area contributed by atoms with E-state index in [0.717, 1.165) is 6.29 Å². The van der Waals surface area contributed by atoms with Crippen molar-refractivity contribution in [2.24, 2.45) is 10.8 Å². The van der Waals surface area contributed by atoms with Gasteiger partial charge in [-0.25, -0.2) is 0 Å². The van der Waals surface area contributed by atoms with Crippen molar-refractivity contribution in [3.05, 3.63) is 0 Å². The maximum Gasteiger partial charge on any atom is 0.228 e. The molecule has 1 amide bonds. The molecule has 0 aliphatic rings. The molecule has 0 heterocycles. The third-order valence-corrected chi connectivity index (χ3v) is 3.66. The Morgan fingerprint density at radius 2 is 1.67 bits per heavy atom. The van der Waals surface area contributed by atoms with Gasteiger partial charge >= 0.3 is 0 Å². The Balaban J connectivity index is 0. The predicted octanol–water partition coefficient (Wildman–Crippen LogP) is 3.11. The number of aldehydes is 1. The van der Waals surface area contributed by atoms with Crippen molar-refractivity contribution in [1.29, 1.82) is 0 Å². The standard InChI is InChI=1S/C15H30N2O2.C2H6/c1-14(2,3)12(16-6)11-17(7)13(19)15(4,5)9-8-10-18;1-2/h10,12,16H,8-9,11H2,1-7H3;1-2H3. The summed E-state index contributed by atoms with van der Waals surface area (Å²) >= 11 is 0. The number of hydrogen-bond acceptors (Lipinski definition) is 3. The van der Waals surface area contributed by atoms with Gasteiger partial charge in [-0.15, -0.1) is 0 Å². The zero-order valence-electron chi connectivity index (χ0n) is 15.5. The van der Waals surface area contributed by atoms with Crippen LogP contribution < -0.4 is 5.32 Å². The van der Waals surface area contributed by atoms with Gasteiger partial charge in [0, 0.05) is 31.5 Å². The van der Waals surface area contributed by atoms with Crippen LogP contribution in [0.2, 0.25) is 0 Å². The van der Waals surface area contributed by atoms with E-state index in [1.54, 1.807) is 4.90 Å². The second-order valence-electron chi connectivity index (χ2n) is 6.98. The number of nitrogens with zero attached hydrogens (tertiary/aromatic N) is 1. The molecule has 4 nitrogen and oxygen atoms in total. The van der Waals surface area contributed by atoms with E-state index in [1.165, 1.54) is 0 Å². The fraction of sp³-hybridized carbons (Fsp3) is 0.882. The first-order valence-electron chi connectivity index (χ1n) is 7.92. The lowest BCUT2D eigenvalue weighted by Crippen LogP contribution is -2.50. The minimum Gasteiger partial charge on any atom is -0.344 e. The molecule has 1 N–H and O–H groups in total. The van der Waals surface area contributed by atoms with Gasteiger partial charge in [0.1, 0.15) is 6.29 Å². The van der Waals surface area contributed by atoms with Gasteiger partial charge < -0.3 is 15.0 Å². The predicted molar refractivity (Wildman–Crippen MR) is 90.4 cm³/mol. The molecule has 0 saturated carbocycles.